The number of nitro benzene ring substituents is 1. The summed E-state index contributed by atoms with van der Waals surface area (Å²) in [4.78, 5) is 10.2. The Labute approximate surface area is 98.1 Å². The predicted octanol–water partition coefficient (Wildman–Crippen LogP) is 3.35. The van der Waals surface area contributed by atoms with E-state index in [0.29, 0.717) is 0 Å². The molecule has 1 aromatic rings. The van der Waals surface area contributed by atoms with Gasteiger partial charge in [-0.3, -0.25) is 10.1 Å². The highest BCUT2D eigenvalue weighted by Gasteiger charge is 2.21. The molecule has 1 atom stereocenters. The minimum absolute atomic E-state index is 0.136. The van der Waals surface area contributed by atoms with E-state index in [2.05, 4.69) is 6.92 Å². The summed E-state index contributed by atoms with van der Waals surface area (Å²) in [5.74, 6) is 1.59. The fourth-order valence-electron chi connectivity index (χ4n) is 1.64. The number of fused-ring (bicyclic) bond motifs is 1. The molecule has 0 aromatic heterocycles. The lowest BCUT2D eigenvalue weighted by Gasteiger charge is -2.24. The number of ether oxygens (including phenoxy) is 1. The molecule has 0 N–H and O–H groups in total. The number of non-ortho nitro benzene ring substituents is 1. The van der Waals surface area contributed by atoms with E-state index >= 15 is 0 Å². The maximum absolute atomic E-state index is 10.6. The van der Waals surface area contributed by atoms with Crippen LogP contribution in [0.1, 0.15) is 25.3 Å². The van der Waals surface area contributed by atoms with Gasteiger partial charge in [-0.15, -0.1) is 11.8 Å². The first-order valence-corrected chi connectivity index (χ1v) is 6.31. The highest BCUT2D eigenvalue weighted by Crippen LogP contribution is 2.36. The summed E-state index contributed by atoms with van der Waals surface area (Å²) in [5.41, 5.74) is 1.25. The molecule has 0 amide bonds. The molecule has 5 heteroatoms. The van der Waals surface area contributed by atoms with Crippen molar-refractivity contribution in [3.8, 4) is 5.75 Å². The molecular formula is C11H13NO3S. The second-order valence-electron chi connectivity index (χ2n) is 3.70. The molecule has 0 spiro atoms. The number of nitro groups is 1. The van der Waals surface area contributed by atoms with E-state index in [4.69, 9.17) is 4.74 Å². The monoisotopic (exact) mass is 239 g/mol. The molecule has 86 valence electrons. The molecule has 0 bridgehead atoms. The van der Waals surface area contributed by atoms with Crippen molar-refractivity contribution >= 4 is 17.4 Å². The first kappa shape index (κ1) is 11.3. The van der Waals surface area contributed by atoms with Crippen molar-refractivity contribution in [2.45, 2.75) is 31.0 Å². The predicted molar refractivity (Wildman–Crippen MR) is 63.7 cm³/mol. The molecule has 1 unspecified atom stereocenters. The number of rotatable bonds is 3. The van der Waals surface area contributed by atoms with Crippen molar-refractivity contribution in [2.24, 2.45) is 0 Å². The average molecular weight is 239 g/mol. The second kappa shape index (κ2) is 4.74. The third-order valence-corrected chi connectivity index (χ3v) is 3.64. The normalized spacial score (nSPS) is 18.7. The van der Waals surface area contributed by atoms with Gasteiger partial charge in [0, 0.05) is 23.4 Å². The van der Waals surface area contributed by atoms with Gasteiger partial charge in [-0.1, -0.05) is 13.3 Å². The van der Waals surface area contributed by atoms with Gasteiger partial charge in [0.05, 0.1) is 4.92 Å². The molecule has 0 fully saturated rings. The Bertz CT molecular complexity index is 408. The topological polar surface area (TPSA) is 52.4 Å². The Hall–Kier alpha value is -1.23. The quantitative estimate of drug-likeness (QED) is 0.599. The first-order valence-electron chi connectivity index (χ1n) is 5.26. The highest BCUT2D eigenvalue weighted by molar-refractivity contribution is 7.99. The van der Waals surface area contributed by atoms with Crippen LogP contribution in [0.4, 0.5) is 5.69 Å². The smallest absolute Gasteiger partial charge is 0.270 e. The molecule has 1 aliphatic rings. The van der Waals surface area contributed by atoms with Crippen molar-refractivity contribution in [1.82, 2.24) is 0 Å². The van der Waals surface area contributed by atoms with Crippen LogP contribution in [0.5, 0.6) is 5.75 Å². The molecule has 1 aliphatic heterocycles. The van der Waals surface area contributed by atoms with Gasteiger partial charge in [-0.05, 0) is 12.5 Å². The molecular weight excluding hydrogens is 226 g/mol. The first-order chi connectivity index (χ1) is 7.70. The average Bonchev–Trinajstić information content (AvgIpc) is 2.28. The maximum Gasteiger partial charge on any atom is 0.270 e. The minimum atomic E-state index is -0.372. The zero-order valence-corrected chi connectivity index (χ0v) is 9.83. The third-order valence-electron chi connectivity index (χ3n) is 2.46. The Kier molecular flexibility index (Phi) is 3.33. The second-order valence-corrected chi connectivity index (χ2v) is 4.84. The van der Waals surface area contributed by atoms with Crippen LogP contribution in [-0.2, 0) is 5.75 Å². The largest absolute Gasteiger partial charge is 0.479 e. The van der Waals surface area contributed by atoms with Gasteiger partial charge in [-0.25, -0.2) is 0 Å². The van der Waals surface area contributed by atoms with E-state index in [1.54, 1.807) is 23.9 Å². The van der Waals surface area contributed by atoms with Gasteiger partial charge in [0.25, 0.3) is 5.69 Å². The van der Waals surface area contributed by atoms with Crippen molar-refractivity contribution in [2.75, 3.05) is 0 Å². The molecule has 16 heavy (non-hydrogen) atoms. The Morgan fingerprint density at radius 3 is 3.12 bits per heavy atom. The van der Waals surface area contributed by atoms with Crippen LogP contribution in [0.3, 0.4) is 0 Å². The van der Waals surface area contributed by atoms with Gasteiger partial charge < -0.3 is 4.74 Å². The molecule has 0 saturated carbocycles. The summed E-state index contributed by atoms with van der Waals surface area (Å²) in [6.45, 7) is 2.12. The number of benzene rings is 1. The molecule has 1 aromatic carbocycles. The van der Waals surface area contributed by atoms with Crippen LogP contribution in [-0.4, -0.2) is 10.4 Å². The summed E-state index contributed by atoms with van der Waals surface area (Å²) in [5, 5.41) is 10.6. The van der Waals surface area contributed by atoms with Crippen molar-refractivity contribution in [3.63, 3.8) is 0 Å². The fraction of sp³-hybridized carbons (Fsp3) is 0.455. The lowest BCUT2D eigenvalue weighted by molar-refractivity contribution is -0.384. The number of hydrogen-bond acceptors (Lipinski definition) is 4. The highest BCUT2D eigenvalue weighted by atomic mass is 32.2. The fourth-order valence-corrected chi connectivity index (χ4v) is 2.81. The van der Waals surface area contributed by atoms with Crippen LogP contribution < -0.4 is 4.74 Å². The van der Waals surface area contributed by atoms with E-state index in [0.717, 1.165) is 29.9 Å². The number of hydrogen-bond donors (Lipinski definition) is 0. The summed E-state index contributed by atoms with van der Waals surface area (Å²) in [6.07, 6.45) is 2.10. The van der Waals surface area contributed by atoms with Crippen LogP contribution in [0.2, 0.25) is 0 Å². The zero-order valence-electron chi connectivity index (χ0n) is 9.01. The van der Waals surface area contributed by atoms with Crippen LogP contribution in [0.25, 0.3) is 0 Å². The van der Waals surface area contributed by atoms with Gasteiger partial charge in [0.15, 0.2) is 0 Å². The molecule has 0 radical (unpaired) electrons. The Morgan fingerprint density at radius 2 is 2.44 bits per heavy atom. The zero-order chi connectivity index (χ0) is 11.5. The Balaban J connectivity index is 2.19. The van der Waals surface area contributed by atoms with E-state index in [-0.39, 0.29) is 16.0 Å². The number of thioether (sulfide) groups is 1. The van der Waals surface area contributed by atoms with E-state index < -0.39 is 0 Å². The van der Waals surface area contributed by atoms with Crippen molar-refractivity contribution < 1.29 is 9.66 Å². The molecule has 0 saturated heterocycles. The molecule has 2 rings (SSSR count). The lowest BCUT2D eigenvalue weighted by atomic mass is 10.2. The third kappa shape index (κ3) is 2.29. The summed E-state index contributed by atoms with van der Waals surface area (Å²) >= 11 is 1.71. The van der Waals surface area contributed by atoms with E-state index in [1.807, 2.05) is 0 Å². The maximum atomic E-state index is 10.6. The molecule has 4 nitrogen and oxygen atoms in total. The number of nitrogens with zero attached hydrogens (tertiary/aromatic N) is 1. The van der Waals surface area contributed by atoms with Gasteiger partial charge in [0.2, 0.25) is 0 Å². The van der Waals surface area contributed by atoms with Crippen LogP contribution >= 0.6 is 11.8 Å². The molecule has 0 aliphatic carbocycles. The van der Waals surface area contributed by atoms with Gasteiger partial charge >= 0.3 is 0 Å². The summed E-state index contributed by atoms with van der Waals surface area (Å²) in [7, 11) is 0. The van der Waals surface area contributed by atoms with Gasteiger partial charge in [-0.2, -0.15) is 0 Å². The SMILES string of the molecule is CCCC1Oc2ccc([N+](=O)[O-])cc2CS1. The summed E-state index contributed by atoms with van der Waals surface area (Å²) in [6, 6.07) is 4.80. The molecule has 1 heterocycles. The lowest BCUT2D eigenvalue weighted by Crippen LogP contribution is -2.17. The van der Waals surface area contributed by atoms with Gasteiger partial charge in [0.1, 0.15) is 11.2 Å². The van der Waals surface area contributed by atoms with Crippen molar-refractivity contribution in [1.29, 1.82) is 0 Å². The van der Waals surface area contributed by atoms with E-state index in [9.17, 15) is 10.1 Å². The standard InChI is InChI=1S/C11H13NO3S/c1-2-3-11-15-10-5-4-9(12(13)14)6-8(10)7-16-11/h4-6,11H,2-3,7H2,1H3. The van der Waals surface area contributed by atoms with Crippen LogP contribution in [0.15, 0.2) is 18.2 Å². The Morgan fingerprint density at radius 1 is 1.62 bits per heavy atom. The van der Waals surface area contributed by atoms with E-state index in [1.165, 1.54) is 6.07 Å². The van der Waals surface area contributed by atoms with Crippen molar-refractivity contribution in [3.05, 3.63) is 33.9 Å². The van der Waals surface area contributed by atoms with Crippen LogP contribution in [0, 0.1) is 10.1 Å². The minimum Gasteiger partial charge on any atom is -0.479 e. The summed E-state index contributed by atoms with van der Waals surface area (Å²) < 4.78 is 5.75.